The summed E-state index contributed by atoms with van der Waals surface area (Å²) in [7, 11) is -3.86. The Morgan fingerprint density at radius 1 is 1.29 bits per heavy atom. The van der Waals surface area contributed by atoms with E-state index in [9.17, 15) is 27.2 Å². The minimum absolute atomic E-state index is 0.120. The Hall–Kier alpha value is -2.95. The third kappa shape index (κ3) is 4.53. The van der Waals surface area contributed by atoms with Crippen molar-refractivity contribution in [3.63, 3.8) is 0 Å². The van der Waals surface area contributed by atoms with Crippen LogP contribution in [-0.4, -0.2) is 60.5 Å². The second-order valence-corrected chi connectivity index (χ2v) is 11.7. The molecule has 184 valence electrons. The number of rotatable bonds is 9. The van der Waals surface area contributed by atoms with Gasteiger partial charge in [0.25, 0.3) is 5.91 Å². The predicted octanol–water partition coefficient (Wildman–Crippen LogP) is 1.29. The first-order valence-electron chi connectivity index (χ1n) is 11.3. The normalized spacial score (nSPS) is 26.9. The third-order valence-corrected chi connectivity index (χ3v) is 9.18. The molecule has 0 bridgehead atoms. The molecule has 1 aromatic rings. The number of hydrogen-bond acceptors (Lipinski definition) is 6. The zero-order valence-corrected chi connectivity index (χ0v) is 19.8. The Bertz CT molecular complexity index is 1140. The number of benzene rings is 1. The molecule has 4 rings (SSSR count). The van der Waals surface area contributed by atoms with Crippen LogP contribution in [0, 0.1) is 11.7 Å². The van der Waals surface area contributed by atoms with Gasteiger partial charge < -0.3 is 15.5 Å². The molecule has 1 heterocycles. The lowest BCUT2D eigenvalue weighted by atomic mass is 10.1. The van der Waals surface area contributed by atoms with Crippen molar-refractivity contribution in [2.24, 2.45) is 5.92 Å². The third-order valence-electron chi connectivity index (χ3n) is 7.02. The van der Waals surface area contributed by atoms with E-state index >= 15 is 0 Å². The maximum Gasteiger partial charge on any atom is 0.259 e. The zero-order valence-electron chi connectivity index (χ0n) is 19.0. The van der Waals surface area contributed by atoms with E-state index in [1.807, 2.05) is 0 Å². The fourth-order valence-corrected chi connectivity index (χ4v) is 5.65. The molecule has 3 aliphatic rings. The Morgan fingerprint density at radius 2 is 2.03 bits per heavy atom. The quantitative estimate of drug-likeness (QED) is 0.446. The summed E-state index contributed by atoms with van der Waals surface area (Å²) in [5.74, 6) is -2.45. The zero-order chi connectivity index (χ0) is 24.7. The molecule has 0 radical (unpaired) electrons. The van der Waals surface area contributed by atoms with Crippen molar-refractivity contribution in [1.82, 2.24) is 14.9 Å². The van der Waals surface area contributed by atoms with Crippen LogP contribution >= 0.6 is 0 Å². The van der Waals surface area contributed by atoms with Gasteiger partial charge in [-0.2, -0.15) is 0 Å². The standard InChI is InChI=1S/C23H29FN4O5S/c1-3-15-13-23(15,21(31)27-34(32,33)22(2)9-10-22)26-20(30)18-8-5-11-28(18)19(29)14-25-17-7-4-6-16(24)12-17/h3-4,6-7,12,15,18,25H,1,5,8-11,13-14H2,2H3,(H,26,30)(H,27,31)/t15-,18+,23-/m1/s1. The molecule has 3 amide bonds. The number of hydrogen-bond donors (Lipinski definition) is 3. The van der Waals surface area contributed by atoms with Gasteiger partial charge in [-0.25, -0.2) is 12.8 Å². The first-order chi connectivity index (χ1) is 16.0. The summed E-state index contributed by atoms with van der Waals surface area (Å²) < 4.78 is 39.6. The molecule has 34 heavy (non-hydrogen) atoms. The average Bonchev–Trinajstić information content (AvgIpc) is 3.65. The van der Waals surface area contributed by atoms with Crippen LogP contribution < -0.4 is 15.4 Å². The van der Waals surface area contributed by atoms with Gasteiger partial charge in [-0.05, 0) is 57.2 Å². The lowest BCUT2D eigenvalue weighted by molar-refractivity contribution is -0.138. The Kier molecular flexibility index (Phi) is 6.17. The summed E-state index contributed by atoms with van der Waals surface area (Å²) in [5.41, 5.74) is -0.949. The van der Waals surface area contributed by atoms with Crippen molar-refractivity contribution in [3.8, 4) is 0 Å². The number of nitrogens with one attached hydrogen (secondary N) is 3. The van der Waals surface area contributed by atoms with E-state index < -0.39 is 49.9 Å². The number of likely N-dealkylation sites (tertiary alicyclic amines) is 1. The molecule has 3 fully saturated rings. The summed E-state index contributed by atoms with van der Waals surface area (Å²) >= 11 is 0. The molecular formula is C23H29FN4O5S. The fraction of sp³-hybridized carbons (Fsp3) is 0.522. The lowest BCUT2D eigenvalue weighted by Gasteiger charge is -2.27. The molecule has 1 saturated heterocycles. The smallest absolute Gasteiger partial charge is 0.259 e. The topological polar surface area (TPSA) is 125 Å². The second kappa shape index (κ2) is 8.68. The molecule has 9 nitrogen and oxygen atoms in total. The number of sulfonamides is 1. The predicted molar refractivity (Wildman–Crippen MR) is 124 cm³/mol. The van der Waals surface area contributed by atoms with Gasteiger partial charge >= 0.3 is 0 Å². The SMILES string of the molecule is C=C[C@@H]1C[C@]1(NC(=O)[C@@H]1CCCN1C(=O)CNc1cccc(F)c1)C(=O)NS(=O)(=O)C1(C)CC1. The van der Waals surface area contributed by atoms with Crippen molar-refractivity contribution in [2.75, 3.05) is 18.4 Å². The number of carbonyl (C=O) groups is 3. The van der Waals surface area contributed by atoms with Crippen molar-refractivity contribution < 1.29 is 27.2 Å². The average molecular weight is 493 g/mol. The minimum atomic E-state index is -3.86. The summed E-state index contributed by atoms with van der Waals surface area (Å²) in [5, 5.41) is 5.58. The minimum Gasteiger partial charge on any atom is -0.376 e. The van der Waals surface area contributed by atoms with Gasteiger partial charge in [-0.3, -0.25) is 19.1 Å². The van der Waals surface area contributed by atoms with Gasteiger partial charge in [-0.15, -0.1) is 6.58 Å². The van der Waals surface area contributed by atoms with E-state index in [-0.39, 0.29) is 18.9 Å². The molecule has 0 unspecified atom stereocenters. The highest BCUT2D eigenvalue weighted by molar-refractivity contribution is 7.91. The molecule has 2 saturated carbocycles. The number of anilines is 1. The van der Waals surface area contributed by atoms with Crippen molar-refractivity contribution in [3.05, 3.63) is 42.7 Å². The molecule has 3 N–H and O–H groups in total. The molecule has 0 spiro atoms. The Labute approximate surface area is 198 Å². The van der Waals surface area contributed by atoms with Gasteiger partial charge in [-0.1, -0.05) is 12.1 Å². The molecule has 3 atom stereocenters. The summed E-state index contributed by atoms with van der Waals surface area (Å²) in [6, 6.07) is 4.93. The van der Waals surface area contributed by atoms with Crippen LogP contribution in [0.25, 0.3) is 0 Å². The van der Waals surface area contributed by atoms with E-state index in [2.05, 4.69) is 21.9 Å². The number of nitrogens with zero attached hydrogens (tertiary/aromatic N) is 1. The summed E-state index contributed by atoms with van der Waals surface area (Å²) in [6.45, 7) is 5.51. The molecular weight excluding hydrogens is 463 g/mol. The van der Waals surface area contributed by atoms with Crippen LogP contribution in [0.5, 0.6) is 0 Å². The largest absolute Gasteiger partial charge is 0.376 e. The molecule has 0 aromatic heterocycles. The number of amides is 3. The highest BCUT2D eigenvalue weighted by atomic mass is 32.2. The van der Waals surface area contributed by atoms with E-state index in [4.69, 9.17) is 0 Å². The Morgan fingerprint density at radius 3 is 2.65 bits per heavy atom. The van der Waals surface area contributed by atoms with Crippen molar-refractivity contribution in [2.45, 2.75) is 55.4 Å². The lowest BCUT2D eigenvalue weighted by Crippen LogP contribution is -2.57. The van der Waals surface area contributed by atoms with E-state index in [0.29, 0.717) is 37.9 Å². The van der Waals surface area contributed by atoms with E-state index in [1.54, 1.807) is 13.0 Å². The van der Waals surface area contributed by atoms with Crippen LogP contribution in [0.15, 0.2) is 36.9 Å². The van der Waals surface area contributed by atoms with Crippen LogP contribution in [-0.2, 0) is 24.4 Å². The van der Waals surface area contributed by atoms with Gasteiger partial charge in [0.1, 0.15) is 17.4 Å². The van der Waals surface area contributed by atoms with Gasteiger partial charge in [0.2, 0.25) is 21.8 Å². The van der Waals surface area contributed by atoms with Gasteiger partial charge in [0.15, 0.2) is 0 Å². The first-order valence-corrected chi connectivity index (χ1v) is 12.8. The van der Waals surface area contributed by atoms with Gasteiger partial charge in [0.05, 0.1) is 11.3 Å². The van der Waals surface area contributed by atoms with E-state index in [1.165, 1.54) is 29.2 Å². The van der Waals surface area contributed by atoms with Crippen LogP contribution in [0.1, 0.15) is 39.0 Å². The fourth-order valence-electron chi connectivity index (χ4n) is 4.33. The maximum atomic E-state index is 13.4. The van der Waals surface area contributed by atoms with Gasteiger partial charge in [0, 0.05) is 18.2 Å². The van der Waals surface area contributed by atoms with Crippen molar-refractivity contribution >= 4 is 33.4 Å². The molecule has 11 heteroatoms. The molecule has 1 aromatic carbocycles. The number of halogens is 1. The maximum absolute atomic E-state index is 13.4. The molecule has 1 aliphatic heterocycles. The highest BCUT2D eigenvalue weighted by Gasteiger charge is 2.62. The monoisotopic (exact) mass is 492 g/mol. The Balaban J connectivity index is 1.41. The van der Waals surface area contributed by atoms with E-state index in [0.717, 1.165) is 0 Å². The highest BCUT2D eigenvalue weighted by Crippen LogP contribution is 2.47. The van der Waals surface area contributed by atoms with Crippen molar-refractivity contribution in [1.29, 1.82) is 0 Å². The second-order valence-electron chi connectivity index (χ2n) is 9.50. The number of carbonyl (C=O) groups excluding carboxylic acids is 3. The van der Waals surface area contributed by atoms with Crippen LogP contribution in [0.4, 0.5) is 10.1 Å². The molecule has 2 aliphatic carbocycles. The van der Waals surface area contributed by atoms with Crippen LogP contribution in [0.3, 0.4) is 0 Å². The van der Waals surface area contributed by atoms with Crippen LogP contribution in [0.2, 0.25) is 0 Å². The summed E-state index contributed by atoms with van der Waals surface area (Å²) in [6.07, 6.45) is 3.74. The first kappa shape index (κ1) is 24.2. The summed E-state index contributed by atoms with van der Waals surface area (Å²) in [4.78, 5) is 40.3.